The van der Waals surface area contributed by atoms with Crippen molar-refractivity contribution in [2.75, 3.05) is 26.7 Å². The molecule has 2 aromatic rings. The summed E-state index contributed by atoms with van der Waals surface area (Å²) in [4.78, 5) is 10.4. The summed E-state index contributed by atoms with van der Waals surface area (Å²) >= 11 is 0. The van der Waals surface area contributed by atoms with E-state index in [2.05, 4.69) is 62.8 Å². The number of para-hydroxylation sites is 1. The minimum absolute atomic E-state index is 0. The summed E-state index contributed by atoms with van der Waals surface area (Å²) in [7, 11) is 1.83. The third-order valence-corrected chi connectivity index (χ3v) is 5.17. The van der Waals surface area contributed by atoms with Gasteiger partial charge >= 0.3 is 0 Å². The molecule has 1 aromatic carbocycles. The lowest BCUT2D eigenvalue weighted by Crippen LogP contribution is -2.45. The molecule has 26 heavy (non-hydrogen) atoms. The Kier molecular flexibility index (Phi) is 8.71. The van der Waals surface area contributed by atoms with Crippen molar-refractivity contribution < 1.29 is 0 Å². The Morgan fingerprint density at radius 1 is 1.27 bits per heavy atom. The SMILES string of the molecule is CCC1CCCCN1CCNC(=NC)NCc1cc2ccccc2[nH]1.I. The molecule has 6 heteroatoms. The van der Waals surface area contributed by atoms with Crippen molar-refractivity contribution in [3.63, 3.8) is 0 Å². The van der Waals surface area contributed by atoms with Crippen LogP contribution >= 0.6 is 24.0 Å². The molecule has 144 valence electrons. The van der Waals surface area contributed by atoms with Crippen LogP contribution in [-0.2, 0) is 6.54 Å². The van der Waals surface area contributed by atoms with Crippen molar-refractivity contribution in [2.24, 2.45) is 4.99 Å². The summed E-state index contributed by atoms with van der Waals surface area (Å²) in [6.07, 6.45) is 5.33. The highest BCUT2D eigenvalue weighted by Crippen LogP contribution is 2.18. The molecular weight excluding hydrogens is 437 g/mol. The molecule has 1 fully saturated rings. The number of hydrogen-bond donors (Lipinski definition) is 3. The van der Waals surface area contributed by atoms with Crippen molar-refractivity contribution in [1.29, 1.82) is 0 Å². The summed E-state index contributed by atoms with van der Waals surface area (Å²) in [6, 6.07) is 11.3. The number of rotatable bonds is 6. The Bertz CT molecular complexity index is 663. The predicted octanol–water partition coefficient (Wildman–Crippen LogP) is 3.72. The number of nitrogens with zero attached hydrogens (tertiary/aromatic N) is 2. The average molecular weight is 469 g/mol. The highest BCUT2D eigenvalue weighted by molar-refractivity contribution is 14.0. The maximum atomic E-state index is 4.34. The van der Waals surface area contributed by atoms with Crippen molar-refractivity contribution in [3.8, 4) is 0 Å². The summed E-state index contributed by atoms with van der Waals surface area (Å²) < 4.78 is 0. The number of guanidine groups is 1. The van der Waals surface area contributed by atoms with Gasteiger partial charge in [0.1, 0.15) is 0 Å². The lowest BCUT2D eigenvalue weighted by atomic mass is 10.0. The van der Waals surface area contributed by atoms with E-state index < -0.39 is 0 Å². The normalized spacial score (nSPS) is 18.5. The van der Waals surface area contributed by atoms with E-state index >= 15 is 0 Å². The van der Waals surface area contributed by atoms with E-state index in [0.29, 0.717) is 0 Å². The zero-order chi connectivity index (χ0) is 17.5. The van der Waals surface area contributed by atoms with Gasteiger partial charge in [0.2, 0.25) is 0 Å². The van der Waals surface area contributed by atoms with E-state index in [1.807, 2.05) is 7.05 Å². The number of fused-ring (bicyclic) bond motifs is 1. The molecule has 2 heterocycles. The van der Waals surface area contributed by atoms with E-state index in [9.17, 15) is 0 Å². The number of benzene rings is 1. The van der Waals surface area contributed by atoms with Crippen molar-refractivity contribution in [3.05, 3.63) is 36.0 Å². The van der Waals surface area contributed by atoms with E-state index in [4.69, 9.17) is 0 Å². The van der Waals surface area contributed by atoms with Crippen molar-refractivity contribution >= 4 is 40.8 Å². The topological polar surface area (TPSA) is 55.4 Å². The molecule has 0 bridgehead atoms. The Balaban J connectivity index is 0.00000243. The minimum Gasteiger partial charge on any atom is -0.357 e. The van der Waals surface area contributed by atoms with Gasteiger partial charge in [0.25, 0.3) is 0 Å². The van der Waals surface area contributed by atoms with Crippen molar-refractivity contribution in [2.45, 2.75) is 45.2 Å². The van der Waals surface area contributed by atoms with Crippen LogP contribution in [0.5, 0.6) is 0 Å². The first-order chi connectivity index (χ1) is 12.3. The van der Waals surface area contributed by atoms with E-state index in [1.54, 1.807) is 0 Å². The first-order valence-corrected chi connectivity index (χ1v) is 9.55. The standard InChI is InChI=1S/C20H31N5.HI/c1-3-18-9-6-7-12-25(18)13-11-22-20(21-2)23-15-17-14-16-8-4-5-10-19(16)24-17;/h4-5,8,10,14,18,24H,3,6-7,9,11-13,15H2,1-2H3,(H2,21,22,23);1H. The van der Waals surface area contributed by atoms with Gasteiger partial charge in [-0.2, -0.15) is 0 Å². The second-order valence-corrected chi connectivity index (χ2v) is 6.83. The zero-order valence-electron chi connectivity index (χ0n) is 15.9. The molecule has 1 atom stereocenters. The zero-order valence-corrected chi connectivity index (χ0v) is 18.3. The second-order valence-electron chi connectivity index (χ2n) is 6.83. The summed E-state index contributed by atoms with van der Waals surface area (Å²) in [5.74, 6) is 0.865. The van der Waals surface area contributed by atoms with Gasteiger partial charge in [0, 0.05) is 37.4 Å². The summed E-state index contributed by atoms with van der Waals surface area (Å²) in [5.41, 5.74) is 2.35. The number of piperidine rings is 1. The second kappa shape index (κ2) is 10.8. The molecule has 1 saturated heterocycles. The van der Waals surface area contributed by atoms with Crippen LogP contribution in [0.25, 0.3) is 10.9 Å². The van der Waals surface area contributed by atoms with Gasteiger partial charge in [0.05, 0.1) is 6.54 Å². The molecule has 0 amide bonds. The smallest absolute Gasteiger partial charge is 0.191 e. The number of nitrogens with one attached hydrogen (secondary N) is 3. The molecule has 1 unspecified atom stereocenters. The van der Waals surface area contributed by atoms with Crippen LogP contribution in [-0.4, -0.2) is 48.6 Å². The molecule has 0 spiro atoms. The molecule has 0 aliphatic carbocycles. The third-order valence-electron chi connectivity index (χ3n) is 5.17. The largest absolute Gasteiger partial charge is 0.357 e. The minimum atomic E-state index is 0. The van der Waals surface area contributed by atoms with Gasteiger partial charge in [-0.05, 0) is 43.3 Å². The summed E-state index contributed by atoms with van der Waals surface area (Å²) in [5, 5.41) is 8.10. The van der Waals surface area contributed by atoms with E-state index in [-0.39, 0.29) is 24.0 Å². The molecule has 0 saturated carbocycles. The Labute approximate surface area is 174 Å². The van der Waals surface area contributed by atoms with Crippen molar-refractivity contribution in [1.82, 2.24) is 20.5 Å². The number of aliphatic imine (C=N–C) groups is 1. The molecule has 1 aromatic heterocycles. The number of likely N-dealkylation sites (tertiary alicyclic amines) is 1. The van der Waals surface area contributed by atoms with E-state index in [0.717, 1.165) is 31.6 Å². The highest BCUT2D eigenvalue weighted by Gasteiger charge is 2.19. The van der Waals surface area contributed by atoms with Gasteiger partial charge in [-0.1, -0.05) is 31.5 Å². The molecule has 1 aliphatic heterocycles. The third kappa shape index (κ3) is 5.61. The predicted molar refractivity (Wildman–Crippen MR) is 121 cm³/mol. The lowest BCUT2D eigenvalue weighted by Gasteiger charge is -2.35. The first kappa shape index (κ1) is 21.0. The highest BCUT2D eigenvalue weighted by atomic mass is 127. The van der Waals surface area contributed by atoms with E-state index in [1.165, 1.54) is 48.8 Å². The fraction of sp³-hybridized carbons (Fsp3) is 0.550. The molecule has 5 nitrogen and oxygen atoms in total. The maximum Gasteiger partial charge on any atom is 0.191 e. The molecule has 3 rings (SSSR count). The Morgan fingerprint density at radius 2 is 2.12 bits per heavy atom. The van der Waals surface area contributed by atoms with Gasteiger partial charge in [-0.15, -0.1) is 24.0 Å². The fourth-order valence-electron chi connectivity index (χ4n) is 3.76. The summed E-state index contributed by atoms with van der Waals surface area (Å²) in [6.45, 7) is 6.31. The van der Waals surface area contributed by atoms with Crippen LogP contribution in [0.3, 0.4) is 0 Å². The van der Waals surface area contributed by atoms with Gasteiger partial charge in [-0.25, -0.2) is 0 Å². The first-order valence-electron chi connectivity index (χ1n) is 9.55. The quantitative estimate of drug-likeness (QED) is 0.344. The molecule has 0 radical (unpaired) electrons. The fourth-order valence-corrected chi connectivity index (χ4v) is 3.76. The van der Waals surface area contributed by atoms with Gasteiger partial charge in [-0.3, -0.25) is 9.89 Å². The number of aromatic amines is 1. The molecular formula is C20H32IN5. The maximum absolute atomic E-state index is 4.34. The van der Waals surface area contributed by atoms with Crippen LogP contribution in [0.1, 0.15) is 38.3 Å². The number of H-pyrrole nitrogens is 1. The monoisotopic (exact) mass is 469 g/mol. The van der Waals surface area contributed by atoms with Crippen LogP contribution in [0.2, 0.25) is 0 Å². The average Bonchev–Trinajstić information content (AvgIpc) is 3.07. The molecule has 3 N–H and O–H groups in total. The van der Waals surface area contributed by atoms with Crippen LogP contribution in [0, 0.1) is 0 Å². The van der Waals surface area contributed by atoms with Crippen LogP contribution in [0.15, 0.2) is 35.3 Å². The number of hydrogen-bond acceptors (Lipinski definition) is 2. The lowest BCUT2D eigenvalue weighted by molar-refractivity contribution is 0.147. The van der Waals surface area contributed by atoms with Crippen LogP contribution < -0.4 is 10.6 Å². The van der Waals surface area contributed by atoms with Crippen LogP contribution in [0.4, 0.5) is 0 Å². The molecule has 1 aliphatic rings. The number of aromatic nitrogens is 1. The Hall–Kier alpha value is -1.28. The number of halogens is 1. The van der Waals surface area contributed by atoms with Gasteiger partial charge < -0.3 is 15.6 Å². The van der Waals surface area contributed by atoms with Gasteiger partial charge in [0.15, 0.2) is 5.96 Å². The Morgan fingerprint density at radius 3 is 2.88 bits per heavy atom.